The summed E-state index contributed by atoms with van der Waals surface area (Å²) in [6.45, 7) is 0. The number of nitro groups is 2. The molecule has 0 aliphatic carbocycles. The molecule has 0 atom stereocenters. The average Bonchev–Trinajstić information content (AvgIpc) is 3.48. The van der Waals surface area contributed by atoms with E-state index < -0.39 is 17.0 Å². The van der Waals surface area contributed by atoms with Crippen molar-refractivity contribution in [2.75, 3.05) is 11.5 Å². The smallest absolute Gasteiger partial charge is 0.423 e. The number of nitrogen functional groups attached to an aromatic ring is 2. The van der Waals surface area contributed by atoms with Crippen molar-refractivity contribution >= 4 is 73.2 Å². The van der Waals surface area contributed by atoms with Crippen molar-refractivity contribution in [3.63, 3.8) is 0 Å². The fourth-order valence-electron chi connectivity index (χ4n) is 2.45. The molecule has 2 heterocycles. The second kappa shape index (κ2) is 12.8. The van der Waals surface area contributed by atoms with Crippen molar-refractivity contribution in [1.29, 1.82) is 0 Å². The lowest BCUT2D eigenvalue weighted by Gasteiger charge is -2.00. The third kappa shape index (κ3) is 7.93. The molecule has 2 aromatic carbocycles. The number of thiophene rings is 2. The van der Waals surface area contributed by atoms with E-state index in [1.165, 1.54) is 29.5 Å². The fraction of sp³-hybridized carbons (Fsp3) is 0. The van der Waals surface area contributed by atoms with Crippen LogP contribution in [0.2, 0.25) is 0 Å². The molecule has 0 aliphatic rings. The first kappa shape index (κ1) is 27.0. The molecule has 0 saturated heterocycles. The summed E-state index contributed by atoms with van der Waals surface area (Å²) < 4.78 is 1.32. The zero-order valence-electron chi connectivity index (χ0n) is 17.3. The molecule has 0 unspecified atom stereocenters. The van der Waals surface area contributed by atoms with Crippen LogP contribution in [0.15, 0.2) is 75.9 Å². The van der Waals surface area contributed by atoms with Crippen molar-refractivity contribution < 1.29 is 19.9 Å². The molecule has 34 heavy (non-hydrogen) atoms. The molecule has 4 rings (SSSR count). The molecule has 2 aromatic heterocycles. The van der Waals surface area contributed by atoms with Crippen molar-refractivity contribution in [2.45, 2.75) is 0 Å². The highest BCUT2D eigenvalue weighted by Gasteiger charge is 2.12. The van der Waals surface area contributed by atoms with E-state index in [9.17, 15) is 20.2 Å². The summed E-state index contributed by atoms with van der Waals surface area (Å²) in [4.78, 5) is 20.9. The van der Waals surface area contributed by atoms with Gasteiger partial charge >= 0.3 is 7.12 Å². The van der Waals surface area contributed by atoms with Gasteiger partial charge in [-0.15, -0.1) is 11.3 Å². The third-order valence-electron chi connectivity index (χ3n) is 4.01. The van der Waals surface area contributed by atoms with Crippen molar-refractivity contribution in [2.24, 2.45) is 0 Å². The molecule has 14 heteroatoms. The number of hydrogen-bond donors (Lipinski definition) is 4. The number of halogens is 1. The van der Waals surface area contributed by atoms with Crippen molar-refractivity contribution in [3.05, 3.63) is 96.1 Å². The number of anilines is 2. The number of benzene rings is 2. The Morgan fingerprint density at radius 1 is 0.824 bits per heavy atom. The van der Waals surface area contributed by atoms with E-state index in [0.29, 0.717) is 4.78 Å². The van der Waals surface area contributed by atoms with Crippen molar-refractivity contribution in [3.8, 4) is 10.4 Å². The van der Waals surface area contributed by atoms with Gasteiger partial charge in [0.2, 0.25) is 0 Å². The molecule has 0 aliphatic heterocycles. The minimum Gasteiger partial charge on any atom is -0.423 e. The summed E-state index contributed by atoms with van der Waals surface area (Å²) in [6.07, 6.45) is 0. The van der Waals surface area contributed by atoms with Crippen LogP contribution in [0.25, 0.3) is 10.4 Å². The number of rotatable bonds is 4. The summed E-state index contributed by atoms with van der Waals surface area (Å²) in [5, 5.41) is 41.5. The monoisotopic (exact) mass is 564 g/mol. The lowest BCUT2D eigenvalue weighted by molar-refractivity contribution is -0.384. The predicted octanol–water partition coefficient (Wildman–Crippen LogP) is 4.27. The van der Waals surface area contributed by atoms with E-state index in [1.807, 2.05) is 17.5 Å². The summed E-state index contributed by atoms with van der Waals surface area (Å²) >= 11 is 6.05. The maximum absolute atomic E-state index is 10.5. The quantitative estimate of drug-likeness (QED) is 0.123. The van der Waals surface area contributed by atoms with Gasteiger partial charge in [0.25, 0.3) is 11.4 Å². The van der Waals surface area contributed by atoms with Gasteiger partial charge in [-0.25, -0.2) is 0 Å². The fourth-order valence-corrected chi connectivity index (χ4v) is 4.14. The molecular weight excluding hydrogens is 547 g/mol. The van der Waals surface area contributed by atoms with E-state index in [-0.39, 0.29) is 22.7 Å². The van der Waals surface area contributed by atoms with Crippen LogP contribution in [0.4, 0.5) is 22.7 Å². The Morgan fingerprint density at radius 2 is 1.38 bits per heavy atom. The highest BCUT2D eigenvalue weighted by atomic mass is 79.9. The van der Waals surface area contributed by atoms with Crippen LogP contribution in [0.1, 0.15) is 0 Å². The molecule has 10 nitrogen and oxygen atoms in total. The number of nitrogens with zero attached hydrogens (tertiary/aromatic N) is 2. The van der Waals surface area contributed by atoms with E-state index in [0.717, 1.165) is 14.9 Å². The topological polar surface area (TPSA) is 179 Å². The molecule has 0 fully saturated rings. The van der Waals surface area contributed by atoms with E-state index in [2.05, 4.69) is 15.9 Å². The maximum atomic E-state index is 10.5. The first-order valence-corrected chi connectivity index (χ1v) is 11.8. The Bertz CT molecular complexity index is 1240. The van der Waals surface area contributed by atoms with Gasteiger partial charge in [-0.05, 0) is 46.7 Å². The lowest BCUT2D eigenvalue weighted by atomic mass is 9.90. The number of nitrogens with two attached hydrogens (primary N) is 2. The minimum absolute atomic E-state index is 0.0460. The Labute approximate surface area is 210 Å². The molecule has 0 radical (unpaired) electrons. The Hall–Kier alpha value is -3.30. The molecule has 0 spiro atoms. The van der Waals surface area contributed by atoms with E-state index in [4.69, 9.17) is 21.5 Å². The molecule has 0 bridgehead atoms. The molecule has 176 valence electrons. The van der Waals surface area contributed by atoms with Gasteiger partial charge in [0.1, 0.15) is 11.4 Å². The second-order valence-corrected chi connectivity index (χ2v) is 9.20. The van der Waals surface area contributed by atoms with Gasteiger partial charge in [0.05, 0.1) is 9.85 Å². The number of hydrogen-bond acceptors (Lipinski definition) is 10. The van der Waals surface area contributed by atoms with Gasteiger partial charge in [0.15, 0.2) is 0 Å². The first-order chi connectivity index (χ1) is 16.1. The molecule has 0 saturated carbocycles. The van der Waals surface area contributed by atoms with Crippen molar-refractivity contribution in [1.82, 2.24) is 0 Å². The van der Waals surface area contributed by atoms with Gasteiger partial charge in [0, 0.05) is 26.3 Å². The van der Waals surface area contributed by atoms with Gasteiger partial charge in [-0.3, -0.25) is 20.2 Å². The van der Waals surface area contributed by atoms with Crippen LogP contribution in [0.5, 0.6) is 0 Å². The Kier molecular flexibility index (Phi) is 10.2. The van der Waals surface area contributed by atoms with Crippen LogP contribution < -0.4 is 16.2 Å². The van der Waals surface area contributed by atoms with Crippen LogP contribution in [0, 0.1) is 20.2 Å². The molecule has 0 amide bonds. The predicted molar refractivity (Wildman–Crippen MR) is 140 cm³/mol. The maximum Gasteiger partial charge on any atom is 0.499 e. The minimum atomic E-state index is -1.30. The summed E-state index contributed by atoms with van der Waals surface area (Å²) in [7, 11) is -1.30. The zero-order chi connectivity index (χ0) is 25.3. The normalized spacial score (nSPS) is 9.74. The molecular formula is C20H18BBrN4O6S2. The highest BCUT2D eigenvalue weighted by molar-refractivity contribution is 9.10. The Balaban J connectivity index is 0.000000190. The molecule has 4 aromatic rings. The summed E-state index contributed by atoms with van der Waals surface area (Å²) in [5.74, 6) is 0. The largest absolute Gasteiger partial charge is 0.499 e. The van der Waals surface area contributed by atoms with Crippen LogP contribution >= 0.6 is 38.6 Å². The van der Waals surface area contributed by atoms with Gasteiger partial charge in [-0.2, -0.15) is 11.3 Å². The van der Waals surface area contributed by atoms with Crippen LogP contribution in [0.3, 0.4) is 0 Å². The summed E-state index contributed by atoms with van der Waals surface area (Å²) in [6, 6.07) is 16.5. The zero-order valence-corrected chi connectivity index (χ0v) is 20.5. The SMILES string of the molecule is Nc1cc(-c2cccs2)ccc1[N+](=O)[O-].Nc1cc(Br)ccc1[N+](=O)[O-].OB(O)c1cccs1. The van der Waals surface area contributed by atoms with Gasteiger partial charge in [-0.1, -0.05) is 34.1 Å². The van der Waals surface area contributed by atoms with E-state index in [1.54, 1.807) is 47.0 Å². The first-order valence-electron chi connectivity index (χ1n) is 9.27. The summed E-state index contributed by atoms with van der Waals surface area (Å²) in [5.41, 5.74) is 12.1. The van der Waals surface area contributed by atoms with E-state index >= 15 is 0 Å². The second-order valence-electron chi connectivity index (χ2n) is 6.36. The standard InChI is InChI=1S/C10H8N2O2S.C6H5BrN2O2.C4H5BO2S/c11-8-6-7(10-2-1-5-15-10)3-4-9(8)12(13)14;7-4-1-2-6(9(10)11)5(8)3-4;6-5(7)4-2-1-3-8-4/h1-6H,11H2;1-3H,8H2;1-3,6-7H. The average molecular weight is 565 g/mol. The lowest BCUT2D eigenvalue weighted by Crippen LogP contribution is -2.26. The number of nitro benzene ring substituents is 2. The highest BCUT2D eigenvalue weighted by Crippen LogP contribution is 2.30. The molecule has 6 N–H and O–H groups in total. The Morgan fingerprint density at radius 3 is 1.79 bits per heavy atom. The van der Waals surface area contributed by atoms with Crippen LogP contribution in [-0.4, -0.2) is 27.0 Å². The van der Waals surface area contributed by atoms with Crippen LogP contribution in [-0.2, 0) is 0 Å². The third-order valence-corrected chi connectivity index (χ3v) is 6.34. The van der Waals surface area contributed by atoms with Gasteiger partial charge < -0.3 is 21.5 Å².